The number of methoxy groups -OCH3 is 2. The van der Waals surface area contributed by atoms with E-state index in [1.165, 1.54) is 11.0 Å². The molecule has 2 amide bonds. The van der Waals surface area contributed by atoms with Gasteiger partial charge in [-0.05, 0) is 56.3 Å². The molecule has 32 heavy (non-hydrogen) atoms. The molecule has 0 atom stereocenters. The van der Waals surface area contributed by atoms with Crippen molar-refractivity contribution in [1.82, 2.24) is 5.32 Å². The van der Waals surface area contributed by atoms with Crippen molar-refractivity contribution < 1.29 is 19.1 Å². The van der Waals surface area contributed by atoms with Crippen molar-refractivity contribution in [2.24, 2.45) is 0 Å². The number of nitrogens with one attached hydrogen (secondary N) is 1. The summed E-state index contributed by atoms with van der Waals surface area (Å²) in [5.41, 5.74) is 3.12. The first-order chi connectivity index (χ1) is 15.4. The molecule has 0 spiro atoms. The topological polar surface area (TPSA) is 71.1 Å². The molecule has 166 valence electrons. The van der Waals surface area contributed by atoms with E-state index in [1.54, 1.807) is 32.4 Å². The Bertz CT molecular complexity index is 1100. The van der Waals surface area contributed by atoms with Gasteiger partial charge in [0.25, 0.3) is 11.8 Å². The van der Waals surface area contributed by atoms with E-state index in [-0.39, 0.29) is 10.7 Å². The van der Waals surface area contributed by atoms with E-state index in [2.05, 4.69) is 10.2 Å². The van der Waals surface area contributed by atoms with Crippen LogP contribution >= 0.6 is 12.2 Å². The third-order valence-electron chi connectivity index (χ3n) is 5.67. The molecule has 2 aromatic rings. The van der Waals surface area contributed by atoms with E-state index in [4.69, 9.17) is 21.7 Å². The van der Waals surface area contributed by atoms with Crippen LogP contribution in [0.5, 0.6) is 11.5 Å². The van der Waals surface area contributed by atoms with Crippen LogP contribution in [0.3, 0.4) is 0 Å². The third kappa shape index (κ3) is 4.05. The van der Waals surface area contributed by atoms with Gasteiger partial charge in [0, 0.05) is 24.7 Å². The van der Waals surface area contributed by atoms with Crippen LogP contribution < -0.4 is 24.6 Å². The fourth-order valence-corrected chi connectivity index (χ4v) is 4.25. The summed E-state index contributed by atoms with van der Waals surface area (Å²) in [5, 5.41) is 2.67. The maximum Gasteiger partial charge on any atom is 0.270 e. The molecule has 4 rings (SSSR count). The monoisotopic (exact) mass is 451 g/mol. The fraction of sp³-hybridized carbons (Fsp3) is 0.292. The first-order valence-corrected chi connectivity index (χ1v) is 10.8. The summed E-state index contributed by atoms with van der Waals surface area (Å²) in [6, 6.07) is 11.0. The van der Waals surface area contributed by atoms with Gasteiger partial charge in [-0.1, -0.05) is 17.7 Å². The first kappa shape index (κ1) is 21.8. The van der Waals surface area contributed by atoms with Gasteiger partial charge < -0.3 is 14.4 Å². The predicted octanol–water partition coefficient (Wildman–Crippen LogP) is 3.44. The van der Waals surface area contributed by atoms with Gasteiger partial charge in [0.2, 0.25) is 0 Å². The normalized spacial score (nSPS) is 17.7. The Kier molecular flexibility index (Phi) is 6.14. The second kappa shape index (κ2) is 9.00. The molecule has 0 aliphatic carbocycles. The molecule has 0 bridgehead atoms. The van der Waals surface area contributed by atoms with Gasteiger partial charge in [-0.3, -0.25) is 19.8 Å². The highest BCUT2D eigenvalue weighted by Gasteiger charge is 2.34. The molecule has 2 aromatic carbocycles. The third-order valence-corrected chi connectivity index (χ3v) is 5.96. The maximum absolute atomic E-state index is 13.3. The zero-order valence-electron chi connectivity index (χ0n) is 18.3. The van der Waals surface area contributed by atoms with E-state index >= 15 is 0 Å². The van der Waals surface area contributed by atoms with Crippen LogP contribution in [0, 0.1) is 6.92 Å². The molecule has 2 aliphatic rings. The van der Waals surface area contributed by atoms with Crippen molar-refractivity contribution >= 4 is 46.6 Å². The second-order valence-corrected chi connectivity index (χ2v) is 8.14. The Morgan fingerprint density at radius 1 is 1.00 bits per heavy atom. The molecular weight excluding hydrogens is 426 g/mol. The largest absolute Gasteiger partial charge is 0.496 e. The quantitative estimate of drug-likeness (QED) is 0.427. The minimum Gasteiger partial charge on any atom is -0.496 e. The summed E-state index contributed by atoms with van der Waals surface area (Å²) in [7, 11) is 3.17. The molecule has 2 aliphatic heterocycles. The van der Waals surface area contributed by atoms with Gasteiger partial charge in [-0.2, -0.15) is 0 Å². The fourth-order valence-electron chi connectivity index (χ4n) is 3.96. The number of hydrogen-bond donors (Lipinski definition) is 1. The number of hydrogen-bond acceptors (Lipinski definition) is 6. The molecule has 2 saturated heterocycles. The van der Waals surface area contributed by atoms with E-state index in [1.807, 2.05) is 25.1 Å². The van der Waals surface area contributed by atoms with E-state index < -0.39 is 11.8 Å². The standard InChI is InChI=1S/C24H25N3O4S/c1-15-6-8-17(9-7-15)27-23(29)18(22(28)25-24(27)32)12-16-13-21(31-3)19(14-20(16)30-2)26-10-4-5-11-26/h6-9,12-14H,4-5,10-11H2,1-3H3,(H,25,28,32)/b18-12+. The zero-order valence-corrected chi connectivity index (χ0v) is 19.1. The lowest BCUT2D eigenvalue weighted by Gasteiger charge is -2.29. The van der Waals surface area contributed by atoms with Crippen molar-refractivity contribution in [3.05, 3.63) is 53.1 Å². The lowest BCUT2D eigenvalue weighted by molar-refractivity contribution is -0.122. The highest BCUT2D eigenvalue weighted by Crippen LogP contribution is 2.38. The van der Waals surface area contributed by atoms with E-state index in [0.29, 0.717) is 22.7 Å². The van der Waals surface area contributed by atoms with Gasteiger partial charge in [0.05, 0.1) is 25.6 Å². The highest BCUT2D eigenvalue weighted by molar-refractivity contribution is 7.80. The van der Waals surface area contributed by atoms with Crippen LogP contribution in [0.15, 0.2) is 42.0 Å². The van der Waals surface area contributed by atoms with Crippen molar-refractivity contribution in [2.45, 2.75) is 19.8 Å². The van der Waals surface area contributed by atoms with Crippen LogP contribution in [0.25, 0.3) is 6.08 Å². The van der Waals surface area contributed by atoms with Gasteiger partial charge in [-0.15, -0.1) is 0 Å². The Labute approximate surface area is 192 Å². The summed E-state index contributed by atoms with van der Waals surface area (Å²) in [5.74, 6) is 0.171. The average Bonchev–Trinajstić information content (AvgIpc) is 3.32. The SMILES string of the molecule is COc1cc(N2CCCC2)c(OC)cc1/C=C1\C(=O)NC(=S)N(c2ccc(C)cc2)C1=O. The predicted molar refractivity (Wildman–Crippen MR) is 128 cm³/mol. The first-order valence-electron chi connectivity index (χ1n) is 10.4. The number of carbonyl (C=O) groups excluding carboxylic acids is 2. The summed E-state index contributed by atoms with van der Waals surface area (Å²) >= 11 is 5.28. The van der Waals surface area contributed by atoms with E-state index in [9.17, 15) is 9.59 Å². The minimum absolute atomic E-state index is 0.0338. The minimum atomic E-state index is -0.548. The summed E-state index contributed by atoms with van der Waals surface area (Å²) < 4.78 is 11.2. The number of anilines is 2. The Morgan fingerprint density at radius 3 is 2.28 bits per heavy atom. The van der Waals surface area contributed by atoms with Gasteiger partial charge >= 0.3 is 0 Å². The van der Waals surface area contributed by atoms with Crippen molar-refractivity contribution in [3.63, 3.8) is 0 Å². The number of rotatable bonds is 5. The average molecular weight is 452 g/mol. The van der Waals surface area contributed by atoms with Crippen molar-refractivity contribution in [2.75, 3.05) is 37.1 Å². The number of thiocarbonyl (C=S) groups is 1. The Morgan fingerprint density at radius 2 is 1.66 bits per heavy atom. The molecule has 0 radical (unpaired) electrons. The number of ether oxygens (including phenoxy) is 2. The molecular formula is C24H25N3O4S. The molecule has 2 heterocycles. The van der Waals surface area contributed by atoms with E-state index in [0.717, 1.165) is 37.2 Å². The van der Waals surface area contributed by atoms with Gasteiger partial charge in [0.15, 0.2) is 5.11 Å². The maximum atomic E-state index is 13.3. The molecule has 0 aromatic heterocycles. The number of amides is 2. The van der Waals surface area contributed by atoms with Crippen molar-refractivity contribution in [3.8, 4) is 11.5 Å². The van der Waals surface area contributed by atoms with Crippen LogP contribution in [0.4, 0.5) is 11.4 Å². The van der Waals surface area contributed by atoms with Crippen LogP contribution in [0.2, 0.25) is 0 Å². The molecule has 1 N–H and O–H groups in total. The molecule has 0 saturated carbocycles. The summed E-state index contributed by atoms with van der Waals surface area (Å²) in [6.07, 6.45) is 3.77. The molecule has 0 unspecified atom stereocenters. The number of nitrogens with zero attached hydrogens (tertiary/aromatic N) is 2. The lowest BCUT2D eigenvalue weighted by Crippen LogP contribution is -2.54. The van der Waals surface area contributed by atoms with Crippen LogP contribution in [-0.2, 0) is 9.59 Å². The number of benzene rings is 2. The molecule has 8 heteroatoms. The second-order valence-electron chi connectivity index (χ2n) is 7.75. The van der Waals surface area contributed by atoms with Crippen LogP contribution in [-0.4, -0.2) is 44.2 Å². The van der Waals surface area contributed by atoms with Gasteiger partial charge in [-0.25, -0.2) is 0 Å². The van der Waals surface area contributed by atoms with Gasteiger partial charge in [0.1, 0.15) is 17.1 Å². The zero-order chi connectivity index (χ0) is 22.8. The summed E-state index contributed by atoms with van der Waals surface area (Å²) in [4.78, 5) is 29.5. The summed E-state index contributed by atoms with van der Waals surface area (Å²) in [6.45, 7) is 3.85. The van der Waals surface area contributed by atoms with Crippen molar-refractivity contribution in [1.29, 1.82) is 0 Å². The molecule has 2 fully saturated rings. The Hall–Kier alpha value is -3.39. The Balaban J connectivity index is 1.75. The van der Waals surface area contributed by atoms with Crippen LogP contribution in [0.1, 0.15) is 24.0 Å². The molecule has 7 nitrogen and oxygen atoms in total. The lowest BCUT2D eigenvalue weighted by atomic mass is 10.0. The highest BCUT2D eigenvalue weighted by atomic mass is 32.1. The number of aryl methyl sites for hydroxylation is 1. The number of carbonyl (C=O) groups is 2. The smallest absolute Gasteiger partial charge is 0.270 e.